The van der Waals surface area contributed by atoms with Gasteiger partial charge in [0.15, 0.2) is 0 Å². The van der Waals surface area contributed by atoms with Crippen LogP contribution in [0.2, 0.25) is 0 Å². The van der Waals surface area contributed by atoms with Gasteiger partial charge < -0.3 is 5.32 Å². The van der Waals surface area contributed by atoms with Crippen molar-refractivity contribution in [2.75, 3.05) is 19.6 Å². The van der Waals surface area contributed by atoms with Crippen molar-refractivity contribution in [2.45, 2.75) is 52.0 Å². The Hall–Kier alpha value is -0.940. The summed E-state index contributed by atoms with van der Waals surface area (Å²) in [6.07, 6.45) is 2.85. The molecule has 1 amide bonds. The van der Waals surface area contributed by atoms with E-state index in [4.69, 9.17) is 0 Å². The lowest BCUT2D eigenvalue weighted by molar-refractivity contribution is -0.120. The quantitative estimate of drug-likeness (QED) is 0.876. The molecule has 0 unspecified atom stereocenters. The maximum Gasteiger partial charge on any atom is 0.226 e. The maximum atomic E-state index is 12.0. The van der Waals surface area contributed by atoms with E-state index in [1.54, 1.807) is 11.3 Å². The number of rotatable bonds is 6. The van der Waals surface area contributed by atoms with Crippen molar-refractivity contribution in [1.82, 2.24) is 15.2 Å². The van der Waals surface area contributed by atoms with Crippen LogP contribution >= 0.6 is 11.3 Å². The molecule has 0 bridgehead atoms. The second-order valence-electron chi connectivity index (χ2n) is 5.74. The number of thiazole rings is 1. The molecular formula is C15H25N3OS. The summed E-state index contributed by atoms with van der Waals surface area (Å²) in [5.41, 5.74) is 0.898. The molecule has 0 spiro atoms. The summed E-state index contributed by atoms with van der Waals surface area (Å²) >= 11 is 1.65. The van der Waals surface area contributed by atoms with Gasteiger partial charge in [-0.2, -0.15) is 0 Å². The van der Waals surface area contributed by atoms with Crippen molar-refractivity contribution >= 4 is 17.2 Å². The van der Waals surface area contributed by atoms with Crippen LogP contribution in [-0.4, -0.2) is 41.5 Å². The fourth-order valence-electron chi connectivity index (χ4n) is 2.67. The minimum Gasteiger partial charge on any atom is -0.354 e. The third-order valence-corrected chi connectivity index (χ3v) is 5.04. The van der Waals surface area contributed by atoms with Crippen molar-refractivity contribution in [1.29, 1.82) is 0 Å². The molecule has 2 rings (SSSR count). The topological polar surface area (TPSA) is 45.2 Å². The first-order valence-electron chi connectivity index (χ1n) is 7.55. The molecule has 5 heteroatoms. The zero-order valence-electron chi connectivity index (χ0n) is 12.7. The number of nitrogens with zero attached hydrogens (tertiary/aromatic N) is 2. The number of nitrogens with one attached hydrogen (secondary N) is 1. The standard InChI is InChI=1S/C15H25N3OS/c1-4-18-7-5-6-13(18)9-16-14(19)8-12-10-20-15(17-12)11(2)3/h10-11,13H,4-9H2,1-3H3,(H,16,19)/t13-/m1/s1. The molecule has 1 aromatic heterocycles. The molecule has 0 aliphatic carbocycles. The minimum absolute atomic E-state index is 0.0913. The lowest BCUT2D eigenvalue weighted by Gasteiger charge is -2.22. The van der Waals surface area contributed by atoms with E-state index in [9.17, 15) is 4.79 Å². The number of likely N-dealkylation sites (N-methyl/N-ethyl adjacent to an activating group) is 1. The van der Waals surface area contributed by atoms with Gasteiger partial charge in [0.05, 0.1) is 17.1 Å². The highest BCUT2D eigenvalue weighted by Gasteiger charge is 2.23. The summed E-state index contributed by atoms with van der Waals surface area (Å²) in [5, 5.41) is 6.17. The summed E-state index contributed by atoms with van der Waals surface area (Å²) in [4.78, 5) is 18.9. The highest BCUT2D eigenvalue weighted by atomic mass is 32.1. The van der Waals surface area contributed by atoms with Crippen LogP contribution in [-0.2, 0) is 11.2 Å². The SMILES string of the molecule is CCN1CCC[C@@H]1CNC(=O)Cc1csc(C(C)C)n1. The molecule has 112 valence electrons. The molecule has 1 atom stereocenters. The first-order valence-corrected chi connectivity index (χ1v) is 8.43. The normalized spacial score (nSPS) is 19.7. The van der Waals surface area contributed by atoms with Crippen LogP contribution in [0.1, 0.15) is 50.2 Å². The fourth-order valence-corrected chi connectivity index (χ4v) is 3.51. The van der Waals surface area contributed by atoms with E-state index in [0.29, 0.717) is 18.4 Å². The zero-order valence-corrected chi connectivity index (χ0v) is 13.5. The average Bonchev–Trinajstić information content (AvgIpc) is 3.04. The predicted molar refractivity (Wildman–Crippen MR) is 83.2 cm³/mol. The molecule has 1 aliphatic heterocycles. The van der Waals surface area contributed by atoms with Gasteiger partial charge in [0.25, 0.3) is 0 Å². The Morgan fingerprint density at radius 1 is 1.60 bits per heavy atom. The summed E-state index contributed by atoms with van der Waals surface area (Å²) in [5.74, 6) is 0.530. The number of carbonyl (C=O) groups is 1. The highest BCUT2D eigenvalue weighted by molar-refractivity contribution is 7.09. The third kappa shape index (κ3) is 4.03. The van der Waals surface area contributed by atoms with Gasteiger partial charge >= 0.3 is 0 Å². The lowest BCUT2D eigenvalue weighted by atomic mass is 10.2. The van der Waals surface area contributed by atoms with Crippen molar-refractivity contribution in [3.63, 3.8) is 0 Å². The molecule has 1 aliphatic rings. The van der Waals surface area contributed by atoms with Gasteiger partial charge in [0.2, 0.25) is 5.91 Å². The summed E-state index contributed by atoms with van der Waals surface area (Å²) < 4.78 is 0. The van der Waals surface area contributed by atoms with Crippen LogP contribution in [0.3, 0.4) is 0 Å². The van der Waals surface area contributed by atoms with Gasteiger partial charge in [-0.15, -0.1) is 11.3 Å². The maximum absolute atomic E-state index is 12.0. The molecule has 1 N–H and O–H groups in total. The number of carbonyl (C=O) groups excluding carboxylic acids is 1. The van der Waals surface area contributed by atoms with Gasteiger partial charge in [-0.25, -0.2) is 4.98 Å². The van der Waals surface area contributed by atoms with Crippen LogP contribution in [0.15, 0.2) is 5.38 Å². The van der Waals surface area contributed by atoms with Crippen molar-refractivity contribution in [3.05, 3.63) is 16.1 Å². The van der Waals surface area contributed by atoms with E-state index in [0.717, 1.165) is 23.8 Å². The molecule has 0 aromatic carbocycles. The highest BCUT2D eigenvalue weighted by Crippen LogP contribution is 2.19. The number of likely N-dealkylation sites (tertiary alicyclic amines) is 1. The third-order valence-electron chi connectivity index (χ3n) is 3.85. The van der Waals surface area contributed by atoms with Crippen LogP contribution in [0, 0.1) is 0 Å². The molecule has 1 aromatic rings. The van der Waals surface area contributed by atoms with Gasteiger partial charge in [-0.3, -0.25) is 9.69 Å². The summed E-state index contributed by atoms with van der Waals surface area (Å²) in [6, 6.07) is 0.519. The average molecular weight is 295 g/mol. The first-order chi connectivity index (χ1) is 9.60. The van der Waals surface area contributed by atoms with Crippen molar-refractivity contribution in [3.8, 4) is 0 Å². The van der Waals surface area contributed by atoms with E-state index >= 15 is 0 Å². The molecule has 4 nitrogen and oxygen atoms in total. The Bertz CT molecular complexity index is 444. The van der Waals surface area contributed by atoms with Crippen LogP contribution in [0.5, 0.6) is 0 Å². The van der Waals surface area contributed by atoms with Gasteiger partial charge in [-0.1, -0.05) is 20.8 Å². The number of hydrogen-bond acceptors (Lipinski definition) is 4. The Balaban J connectivity index is 1.77. The van der Waals surface area contributed by atoms with Gasteiger partial charge in [0, 0.05) is 23.9 Å². The number of hydrogen-bond donors (Lipinski definition) is 1. The largest absolute Gasteiger partial charge is 0.354 e. The van der Waals surface area contributed by atoms with E-state index in [-0.39, 0.29) is 5.91 Å². The zero-order chi connectivity index (χ0) is 14.5. The Morgan fingerprint density at radius 2 is 2.40 bits per heavy atom. The molecule has 2 heterocycles. The smallest absolute Gasteiger partial charge is 0.226 e. The van der Waals surface area contributed by atoms with Crippen molar-refractivity contribution < 1.29 is 4.79 Å². The molecule has 0 saturated carbocycles. The second-order valence-corrected chi connectivity index (χ2v) is 6.63. The van der Waals surface area contributed by atoms with E-state index in [1.807, 2.05) is 5.38 Å². The molecule has 1 saturated heterocycles. The summed E-state index contributed by atoms with van der Waals surface area (Å²) in [6.45, 7) is 9.45. The molecule has 1 fully saturated rings. The van der Waals surface area contributed by atoms with Crippen LogP contribution in [0.25, 0.3) is 0 Å². The minimum atomic E-state index is 0.0913. The Morgan fingerprint density at radius 3 is 3.05 bits per heavy atom. The number of amides is 1. The van der Waals surface area contributed by atoms with E-state index in [1.165, 1.54) is 19.4 Å². The van der Waals surface area contributed by atoms with Crippen LogP contribution < -0.4 is 5.32 Å². The lowest BCUT2D eigenvalue weighted by Crippen LogP contribution is -2.40. The Labute approximate surface area is 125 Å². The first kappa shape index (κ1) is 15.4. The van der Waals surface area contributed by atoms with Gasteiger partial charge in [0.1, 0.15) is 0 Å². The molecule has 20 heavy (non-hydrogen) atoms. The van der Waals surface area contributed by atoms with E-state index in [2.05, 4.69) is 36.0 Å². The second kappa shape index (κ2) is 7.18. The Kier molecular flexibility index (Phi) is 5.54. The number of aromatic nitrogens is 1. The predicted octanol–water partition coefficient (Wildman–Crippen LogP) is 2.41. The van der Waals surface area contributed by atoms with Gasteiger partial charge in [-0.05, 0) is 25.9 Å². The summed E-state index contributed by atoms with van der Waals surface area (Å²) in [7, 11) is 0. The molecule has 0 radical (unpaired) electrons. The van der Waals surface area contributed by atoms with Crippen LogP contribution in [0.4, 0.5) is 0 Å². The molecular weight excluding hydrogens is 270 g/mol. The van der Waals surface area contributed by atoms with Crippen molar-refractivity contribution in [2.24, 2.45) is 0 Å². The fraction of sp³-hybridized carbons (Fsp3) is 0.733. The monoisotopic (exact) mass is 295 g/mol. The van der Waals surface area contributed by atoms with E-state index < -0.39 is 0 Å².